The summed E-state index contributed by atoms with van der Waals surface area (Å²) in [6, 6.07) is 15.3. The van der Waals surface area contributed by atoms with Crippen molar-refractivity contribution in [3.05, 3.63) is 64.4 Å². The van der Waals surface area contributed by atoms with Crippen LogP contribution in [-0.2, 0) is 0 Å². The van der Waals surface area contributed by atoms with E-state index in [1.54, 1.807) is 18.2 Å². The summed E-state index contributed by atoms with van der Waals surface area (Å²) in [4.78, 5) is 8.87. The summed E-state index contributed by atoms with van der Waals surface area (Å²) in [5, 5.41) is 6.57. The van der Waals surface area contributed by atoms with Crippen molar-refractivity contribution in [3.8, 4) is 17.4 Å². The van der Waals surface area contributed by atoms with Crippen LogP contribution in [0.15, 0.2) is 65.8 Å². The number of benzene rings is 2. The first-order chi connectivity index (χ1) is 16.4. The number of aromatic nitrogens is 1. The molecule has 1 aliphatic rings. The Morgan fingerprint density at radius 3 is 2.71 bits per heavy atom. The van der Waals surface area contributed by atoms with Gasteiger partial charge >= 0.3 is 170 Å². The number of anilines is 2. The number of nitrogens with one attached hydrogen (secondary N) is 2. The standard InChI is InChI=1S/C24H24F3IN4O2/c1-2-3-12-28-16-10-11-17-19(14-16)30-15-22(31-17)32-18-7-6-13-29-23(18)33-20-8-4-5-9-21(20)34-24(25,26)27/h4-11,13-14,28,30H,2-3,12,15H2,1H3,(H,31,32). The molecule has 0 bridgehead atoms. The van der Waals surface area contributed by atoms with Gasteiger partial charge in [0.15, 0.2) is 0 Å². The van der Waals surface area contributed by atoms with Gasteiger partial charge < -0.3 is 4.74 Å². The third kappa shape index (κ3) is 6.52. The molecule has 0 saturated carbocycles. The van der Waals surface area contributed by atoms with Crippen LogP contribution in [0.1, 0.15) is 19.8 Å². The van der Waals surface area contributed by atoms with Crippen molar-refractivity contribution in [3.63, 3.8) is 0 Å². The summed E-state index contributed by atoms with van der Waals surface area (Å²) in [6.45, 7) is 2.67. The molecule has 6 nitrogen and oxygen atoms in total. The number of ether oxygens (including phenoxy) is 2. The number of para-hydroxylation sites is 2. The molecule has 4 rings (SSSR count). The second-order valence-electron chi connectivity index (χ2n) is 7.37. The molecule has 0 atom stereocenters. The molecule has 0 saturated heterocycles. The number of fused-ring (bicyclic) bond motifs is 1. The van der Waals surface area contributed by atoms with Gasteiger partial charge in [0.05, 0.1) is 0 Å². The molecule has 1 aromatic heterocycles. The van der Waals surface area contributed by atoms with Gasteiger partial charge in [-0.05, 0) is 6.07 Å². The molecule has 180 valence electrons. The molecule has 0 spiro atoms. The number of unbranched alkanes of at least 4 members (excludes halogenated alkanes) is 1. The van der Waals surface area contributed by atoms with Crippen LogP contribution in [-0.4, -0.2) is 28.2 Å². The van der Waals surface area contributed by atoms with Crippen molar-refractivity contribution >= 4 is 44.1 Å². The van der Waals surface area contributed by atoms with E-state index in [-0.39, 0.29) is 32.8 Å². The number of aliphatic imine (C=N–C) groups is 1. The van der Waals surface area contributed by atoms with Crippen molar-refractivity contribution in [2.45, 2.75) is 26.1 Å². The Labute approximate surface area is 205 Å². The predicted octanol–water partition coefficient (Wildman–Crippen LogP) is 7.01. The average molecular weight is 584 g/mol. The van der Waals surface area contributed by atoms with Gasteiger partial charge in [-0.15, -0.1) is 13.2 Å². The number of hydrogen-bond acceptors (Lipinski definition) is 6. The molecule has 0 fully saturated rings. The molecule has 34 heavy (non-hydrogen) atoms. The van der Waals surface area contributed by atoms with Crippen molar-refractivity contribution in [1.82, 2.24) is 4.98 Å². The van der Waals surface area contributed by atoms with Crippen LogP contribution in [0.5, 0.6) is 17.4 Å². The molecule has 0 aliphatic carbocycles. The van der Waals surface area contributed by atoms with Crippen LogP contribution in [0, 0.1) is 3.57 Å². The summed E-state index contributed by atoms with van der Waals surface area (Å²) >= 11 is -0.187. The van der Waals surface area contributed by atoms with Crippen LogP contribution < -0.4 is 20.1 Å². The fourth-order valence-electron chi connectivity index (χ4n) is 3.18. The second kappa shape index (κ2) is 10.9. The average Bonchev–Trinajstić information content (AvgIpc) is 2.81. The van der Waals surface area contributed by atoms with E-state index in [9.17, 15) is 13.2 Å². The van der Waals surface area contributed by atoms with Crippen LogP contribution >= 0.6 is 21.2 Å². The zero-order chi connectivity index (χ0) is 24.0. The van der Waals surface area contributed by atoms with Gasteiger partial charge in [-0.2, -0.15) is 0 Å². The first kappa shape index (κ1) is 24.1. The second-order valence-corrected chi connectivity index (χ2v) is 10.7. The summed E-state index contributed by atoms with van der Waals surface area (Å²) in [5.74, 6) is 0.192. The van der Waals surface area contributed by atoms with Crippen LogP contribution in [0.3, 0.4) is 0 Å². The van der Waals surface area contributed by atoms with Crippen molar-refractivity contribution < 1.29 is 22.6 Å². The SMILES string of the molecule is CCCC[IH]c1ccc2c(c1)NCC(Nc1cccnc1Oc1ccccc1OC(F)(F)F)=N2. The van der Waals surface area contributed by atoms with Gasteiger partial charge in [-0.25, -0.2) is 0 Å². The maximum absolute atomic E-state index is 12.7. The molecule has 0 radical (unpaired) electrons. The minimum absolute atomic E-state index is 0.102. The summed E-state index contributed by atoms with van der Waals surface area (Å²) < 4.78 is 50.7. The van der Waals surface area contributed by atoms with Gasteiger partial charge in [0.25, 0.3) is 0 Å². The number of pyridine rings is 1. The Kier molecular flexibility index (Phi) is 7.76. The molecular formula is C24H24F3IN4O2. The monoisotopic (exact) mass is 584 g/mol. The van der Waals surface area contributed by atoms with Gasteiger partial charge in [0.2, 0.25) is 0 Å². The van der Waals surface area contributed by atoms with Crippen LogP contribution in [0.2, 0.25) is 0 Å². The van der Waals surface area contributed by atoms with E-state index >= 15 is 0 Å². The fourth-order valence-corrected chi connectivity index (χ4v) is 6.14. The zero-order valence-electron chi connectivity index (χ0n) is 18.4. The first-order valence-electron chi connectivity index (χ1n) is 10.7. The van der Waals surface area contributed by atoms with Gasteiger partial charge in [0.1, 0.15) is 0 Å². The van der Waals surface area contributed by atoms with Crippen molar-refractivity contribution in [1.29, 1.82) is 0 Å². The number of hydrogen-bond donors (Lipinski definition) is 2. The van der Waals surface area contributed by atoms with E-state index < -0.39 is 12.1 Å². The molecule has 0 unspecified atom stereocenters. The van der Waals surface area contributed by atoms with Crippen molar-refractivity contribution in [2.24, 2.45) is 4.99 Å². The minimum atomic E-state index is -4.83. The number of nitrogens with zero attached hydrogens (tertiary/aromatic N) is 2. The maximum atomic E-state index is 12.7. The van der Waals surface area contributed by atoms with Gasteiger partial charge in [-0.1, -0.05) is 12.1 Å². The number of alkyl halides is 4. The fraction of sp³-hybridized carbons (Fsp3) is 0.250. The van der Waals surface area contributed by atoms with E-state index in [4.69, 9.17) is 9.73 Å². The normalized spacial score (nSPS) is 13.0. The third-order valence-corrected chi connectivity index (χ3v) is 7.85. The van der Waals surface area contributed by atoms with E-state index in [1.807, 2.05) is 6.07 Å². The third-order valence-electron chi connectivity index (χ3n) is 4.77. The molecular weight excluding hydrogens is 560 g/mol. The number of halogens is 4. The Bertz CT molecular complexity index is 1170. The molecule has 3 aromatic rings. The Morgan fingerprint density at radius 2 is 1.91 bits per heavy atom. The topological polar surface area (TPSA) is 67.8 Å². The van der Waals surface area contributed by atoms with E-state index in [0.717, 1.165) is 11.4 Å². The van der Waals surface area contributed by atoms with Gasteiger partial charge in [-0.3, -0.25) is 0 Å². The predicted molar refractivity (Wildman–Crippen MR) is 137 cm³/mol. The molecule has 10 heteroatoms. The number of rotatable bonds is 8. The zero-order valence-corrected chi connectivity index (χ0v) is 20.7. The molecule has 0 amide bonds. The first-order valence-corrected chi connectivity index (χ1v) is 13.6. The van der Waals surface area contributed by atoms with Crippen LogP contribution in [0.4, 0.5) is 30.2 Å². The quantitative estimate of drug-likeness (QED) is 0.169. The molecule has 2 heterocycles. The summed E-state index contributed by atoms with van der Waals surface area (Å²) in [7, 11) is 0. The molecule has 2 aromatic carbocycles. The Balaban J connectivity index is 1.51. The van der Waals surface area contributed by atoms with Gasteiger partial charge in [0, 0.05) is 0 Å². The van der Waals surface area contributed by atoms with E-state index in [0.29, 0.717) is 18.1 Å². The molecule has 2 N–H and O–H groups in total. The van der Waals surface area contributed by atoms with E-state index in [1.165, 1.54) is 45.2 Å². The summed E-state index contributed by atoms with van der Waals surface area (Å²) in [6.07, 6.45) is -0.859. The molecule has 1 aliphatic heterocycles. The Morgan fingerprint density at radius 1 is 1.09 bits per heavy atom. The van der Waals surface area contributed by atoms with E-state index in [2.05, 4.69) is 39.4 Å². The van der Waals surface area contributed by atoms with Crippen molar-refractivity contribution in [2.75, 3.05) is 21.6 Å². The Hall–Kier alpha value is -3.02. The van der Waals surface area contributed by atoms with Crippen LogP contribution in [0.25, 0.3) is 0 Å². The summed E-state index contributed by atoms with van der Waals surface area (Å²) in [5.41, 5.74) is 2.30. The number of amidine groups is 1.